The Kier molecular flexibility index (Phi) is 6.60. The van der Waals surface area contributed by atoms with Gasteiger partial charge >= 0.3 is 0 Å². The SMILES string of the molecule is COc1ccc(CN2C(=O)/C(=C/c3cc(C)n(-c4ccc(Br)c(C)c4)c3C)SC2=S)cc1. The van der Waals surface area contributed by atoms with Crippen molar-refractivity contribution in [1.29, 1.82) is 0 Å². The number of methoxy groups -OCH3 is 1. The van der Waals surface area contributed by atoms with Gasteiger partial charge < -0.3 is 9.30 Å². The number of hydrogen-bond acceptors (Lipinski definition) is 4. The summed E-state index contributed by atoms with van der Waals surface area (Å²) in [6, 6.07) is 16.1. The first kappa shape index (κ1) is 22.8. The Hall–Kier alpha value is -2.35. The van der Waals surface area contributed by atoms with E-state index in [9.17, 15) is 4.79 Å². The second-order valence-corrected chi connectivity index (χ2v) is 10.2. The highest BCUT2D eigenvalue weighted by molar-refractivity contribution is 9.10. The highest BCUT2D eigenvalue weighted by Crippen LogP contribution is 2.35. The molecule has 3 aromatic rings. The minimum absolute atomic E-state index is 0.0555. The van der Waals surface area contributed by atoms with Crippen LogP contribution in [0.4, 0.5) is 0 Å². The summed E-state index contributed by atoms with van der Waals surface area (Å²) in [6.45, 7) is 6.69. The van der Waals surface area contributed by atoms with Gasteiger partial charge in [-0.05, 0) is 79.9 Å². The van der Waals surface area contributed by atoms with Crippen LogP contribution in [0.3, 0.4) is 0 Å². The molecule has 1 fully saturated rings. The molecule has 0 saturated carbocycles. The molecule has 0 spiro atoms. The number of aryl methyl sites for hydroxylation is 2. The van der Waals surface area contributed by atoms with E-state index in [1.54, 1.807) is 12.0 Å². The number of rotatable bonds is 5. The van der Waals surface area contributed by atoms with E-state index in [-0.39, 0.29) is 5.91 Å². The highest BCUT2D eigenvalue weighted by Gasteiger charge is 2.32. The maximum Gasteiger partial charge on any atom is 0.266 e. The van der Waals surface area contributed by atoms with Gasteiger partial charge in [0.1, 0.15) is 10.1 Å². The fourth-order valence-electron chi connectivity index (χ4n) is 3.79. The zero-order valence-corrected chi connectivity index (χ0v) is 21.5. The number of benzene rings is 2. The van der Waals surface area contributed by atoms with Crippen molar-refractivity contribution in [3.63, 3.8) is 0 Å². The lowest BCUT2D eigenvalue weighted by Gasteiger charge is -2.14. The van der Waals surface area contributed by atoms with E-state index >= 15 is 0 Å². The molecule has 0 unspecified atom stereocenters. The smallest absolute Gasteiger partial charge is 0.266 e. The molecule has 0 bridgehead atoms. The Bertz CT molecular complexity index is 1250. The molecule has 0 N–H and O–H groups in total. The number of thioether (sulfide) groups is 1. The van der Waals surface area contributed by atoms with E-state index in [0.29, 0.717) is 15.8 Å². The third kappa shape index (κ3) is 4.42. The molecule has 1 aliphatic heterocycles. The van der Waals surface area contributed by atoms with Gasteiger partial charge in [0.15, 0.2) is 0 Å². The van der Waals surface area contributed by atoms with Gasteiger partial charge in [0.25, 0.3) is 5.91 Å². The Morgan fingerprint density at radius 2 is 1.81 bits per heavy atom. The number of ether oxygens (including phenoxy) is 1. The van der Waals surface area contributed by atoms with Crippen LogP contribution in [0.2, 0.25) is 0 Å². The Morgan fingerprint density at radius 3 is 2.47 bits per heavy atom. The molecule has 7 heteroatoms. The predicted molar refractivity (Wildman–Crippen MR) is 139 cm³/mol. The molecule has 32 heavy (non-hydrogen) atoms. The van der Waals surface area contributed by atoms with Crippen molar-refractivity contribution in [2.45, 2.75) is 27.3 Å². The number of carbonyl (C=O) groups is 1. The number of hydrogen-bond donors (Lipinski definition) is 0. The van der Waals surface area contributed by atoms with E-state index in [4.69, 9.17) is 17.0 Å². The number of amides is 1. The van der Waals surface area contributed by atoms with Crippen molar-refractivity contribution >= 4 is 56.2 Å². The molecule has 0 radical (unpaired) electrons. The summed E-state index contributed by atoms with van der Waals surface area (Å²) < 4.78 is 9.09. The third-order valence-corrected chi connectivity index (χ3v) is 7.80. The first-order chi connectivity index (χ1) is 15.3. The summed E-state index contributed by atoms with van der Waals surface area (Å²) in [5.74, 6) is 0.732. The summed E-state index contributed by atoms with van der Waals surface area (Å²) in [5.41, 5.74) is 6.51. The zero-order valence-electron chi connectivity index (χ0n) is 18.3. The number of carbonyl (C=O) groups excluding carboxylic acids is 1. The van der Waals surface area contributed by atoms with Crippen molar-refractivity contribution in [1.82, 2.24) is 9.47 Å². The van der Waals surface area contributed by atoms with Crippen LogP contribution in [-0.4, -0.2) is 26.8 Å². The first-order valence-electron chi connectivity index (χ1n) is 10.1. The predicted octanol–water partition coefficient (Wildman–Crippen LogP) is 6.58. The number of nitrogens with zero attached hydrogens (tertiary/aromatic N) is 2. The van der Waals surface area contributed by atoms with Crippen LogP contribution >= 0.6 is 39.9 Å². The lowest BCUT2D eigenvalue weighted by atomic mass is 10.2. The van der Waals surface area contributed by atoms with Crippen LogP contribution in [0.15, 0.2) is 57.9 Å². The molecule has 1 aromatic heterocycles. The van der Waals surface area contributed by atoms with Gasteiger partial charge in [-0.25, -0.2) is 0 Å². The van der Waals surface area contributed by atoms with Gasteiger partial charge in [0, 0.05) is 21.5 Å². The summed E-state index contributed by atoms with van der Waals surface area (Å²) >= 11 is 10.4. The molecule has 2 aromatic carbocycles. The van der Waals surface area contributed by atoms with Gasteiger partial charge in [-0.1, -0.05) is 52.0 Å². The van der Waals surface area contributed by atoms with Crippen LogP contribution in [0.1, 0.15) is 28.1 Å². The van der Waals surface area contributed by atoms with Gasteiger partial charge in [0.2, 0.25) is 0 Å². The molecule has 0 atom stereocenters. The monoisotopic (exact) mass is 526 g/mol. The zero-order chi connectivity index (χ0) is 23.0. The van der Waals surface area contributed by atoms with E-state index in [1.807, 2.05) is 30.3 Å². The quantitative estimate of drug-likeness (QED) is 0.278. The fraction of sp³-hybridized carbons (Fsp3) is 0.200. The van der Waals surface area contributed by atoms with Crippen LogP contribution in [-0.2, 0) is 11.3 Å². The van der Waals surface area contributed by atoms with Gasteiger partial charge in [-0.15, -0.1) is 0 Å². The van der Waals surface area contributed by atoms with Gasteiger partial charge in [-0.2, -0.15) is 0 Å². The molecular weight excluding hydrogens is 504 g/mol. The van der Waals surface area contributed by atoms with E-state index < -0.39 is 0 Å². The van der Waals surface area contributed by atoms with Crippen molar-refractivity contribution in [2.24, 2.45) is 0 Å². The Morgan fingerprint density at radius 1 is 1.09 bits per heavy atom. The molecule has 1 saturated heterocycles. The molecule has 2 heterocycles. The Balaban J connectivity index is 1.60. The lowest BCUT2D eigenvalue weighted by Crippen LogP contribution is -2.27. The number of halogens is 1. The fourth-order valence-corrected chi connectivity index (χ4v) is 5.28. The normalized spacial score (nSPS) is 15.2. The first-order valence-corrected chi connectivity index (χ1v) is 12.1. The largest absolute Gasteiger partial charge is 0.497 e. The average Bonchev–Trinajstić information content (AvgIpc) is 3.20. The third-order valence-electron chi connectivity index (χ3n) is 5.53. The Labute approximate surface area is 206 Å². The van der Waals surface area contributed by atoms with Crippen LogP contribution < -0.4 is 4.74 Å². The molecule has 164 valence electrons. The average molecular weight is 528 g/mol. The van der Waals surface area contributed by atoms with Crippen LogP contribution in [0.25, 0.3) is 11.8 Å². The van der Waals surface area contributed by atoms with E-state index in [1.165, 1.54) is 17.3 Å². The molecule has 0 aliphatic carbocycles. The minimum Gasteiger partial charge on any atom is -0.497 e. The van der Waals surface area contributed by atoms with E-state index in [2.05, 4.69) is 65.5 Å². The summed E-state index contributed by atoms with van der Waals surface area (Å²) in [4.78, 5) is 15.4. The van der Waals surface area contributed by atoms with Crippen LogP contribution in [0, 0.1) is 20.8 Å². The molecule has 4 nitrogen and oxygen atoms in total. The molecule has 1 amide bonds. The number of thiocarbonyl (C=S) groups is 1. The van der Waals surface area contributed by atoms with Crippen molar-refractivity contribution in [3.8, 4) is 11.4 Å². The number of aromatic nitrogens is 1. The topological polar surface area (TPSA) is 34.5 Å². The second-order valence-electron chi connectivity index (χ2n) is 7.71. The van der Waals surface area contributed by atoms with Crippen LogP contribution in [0.5, 0.6) is 5.75 Å². The molecular formula is C25H23BrN2O2S2. The maximum atomic E-state index is 13.1. The molecule has 1 aliphatic rings. The van der Waals surface area contributed by atoms with E-state index in [0.717, 1.165) is 38.4 Å². The van der Waals surface area contributed by atoms with Gasteiger partial charge in [-0.3, -0.25) is 9.69 Å². The minimum atomic E-state index is -0.0555. The summed E-state index contributed by atoms with van der Waals surface area (Å²) in [5, 5.41) is 0. The maximum absolute atomic E-state index is 13.1. The standard InChI is InChI=1S/C25H23BrN2O2S2/c1-15-11-20(7-10-22(15)26)28-16(2)12-19(17(28)3)13-23-24(29)27(25(31)32-23)14-18-5-8-21(30-4)9-6-18/h5-13H,14H2,1-4H3/b23-13-. The highest BCUT2D eigenvalue weighted by atomic mass is 79.9. The van der Waals surface area contributed by atoms with Crippen molar-refractivity contribution < 1.29 is 9.53 Å². The van der Waals surface area contributed by atoms with Crippen molar-refractivity contribution in [3.05, 3.63) is 86.0 Å². The van der Waals surface area contributed by atoms with Crippen molar-refractivity contribution in [2.75, 3.05) is 7.11 Å². The van der Waals surface area contributed by atoms with Gasteiger partial charge in [0.05, 0.1) is 18.6 Å². The molecule has 4 rings (SSSR count). The lowest BCUT2D eigenvalue weighted by molar-refractivity contribution is -0.122. The second kappa shape index (κ2) is 9.25. The summed E-state index contributed by atoms with van der Waals surface area (Å²) in [7, 11) is 1.64. The summed E-state index contributed by atoms with van der Waals surface area (Å²) in [6.07, 6.45) is 1.96.